The zero-order valence-corrected chi connectivity index (χ0v) is 26.9. The Balaban J connectivity index is 0.000000423. The second-order valence-electron chi connectivity index (χ2n) is 12.0. The Hall–Kier alpha value is -2.29. The van der Waals surface area contributed by atoms with Gasteiger partial charge < -0.3 is 10.1 Å². The fraction of sp³-hybridized carbons (Fsp3) is 0.455. The fourth-order valence-corrected chi connectivity index (χ4v) is 3.97. The first-order chi connectivity index (χ1) is 16.6. The maximum atomic E-state index is 11.5. The van der Waals surface area contributed by atoms with E-state index in [2.05, 4.69) is 76.0 Å². The van der Waals surface area contributed by atoms with Crippen LogP contribution in [0.5, 0.6) is 0 Å². The number of benzene rings is 2. The number of allylic oxidation sites excluding steroid dienone is 2. The number of ketones is 1. The molecule has 0 spiro atoms. The molecule has 1 aromatic heterocycles. The topological polar surface area (TPSA) is 50.2 Å². The summed E-state index contributed by atoms with van der Waals surface area (Å²) < 4.78 is 0. The van der Waals surface area contributed by atoms with Crippen LogP contribution in [0, 0.1) is 37.7 Å². The molecule has 2 aromatic carbocycles. The molecule has 3 aromatic rings. The van der Waals surface area contributed by atoms with Gasteiger partial charge in [0.05, 0.1) is 0 Å². The minimum atomic E-state index is -0.417. The number of aryl methyl sites for hydroxylation is 3. The molecule has 1 atom stereocenters. The first kappa shape index (κ1) is 32.7. The molecule has 0 aliphatic carbocycles. The van der Waals surface area contributed by atoms with Crippen LogP contribution in [0.25, 0.3) is 22.0 Å². The van der Waals surface area contributed by atoms with Crippen LogP contribution in [0.3, 0.4) is 0 Å². The quantitative estimate of drug-likeness (QED) is 0.170. The molecular formula is C33H44IrNO2-. The van der Waals surface area contributed by atoms with Crippen LogP contribution < -0.4 is 0 Å². The molecule has 37 heavy (non-hydrogen) atoms. The van der Waals surface area contributed by atoms with Gasteiger partial charge in [0.15, 0.2) is 5.78 Å². The maximum absolute atomic E-state index is 11.5. The molecule has 3 rings (SSSR count). The summed E-state index contributed by atoms with van der Waals surface area (Å²) in [6.07, 6.45) is 4.42. The third-order valence-electron chi connectivity index (χ3n) is 6.58. The van der Waals surface area contributed by atoms with E-state index in [1.165, 1.54) is 33.5 Å². The van der Waals surface area contributed by atoms with E-state index in [4.69, 9.17) is 0 Å². The van der Waals surface area contributed by atoms with E-state index in [0.29, 0.717) is 5.92 Å². The first-order valence-corrected chi connectivity index (χ1v) is 12.9. The second-order valence-corrected chi connectivity index (χ2v) is 12.0. The number of hydrogen-bond donors (Lipinski definition) is 1. The number of aliphatic hydroxyl groups is 1. The van der Waals surface area contributed by atoms with Crippen LogP contribution in [0.4, 0.5) is 0 Å². The predicted octanol–water partition coefficient (Wildman–Crippen LogP) is 9.23. The maximum Gasteiger partial charge on any atom is 0.164 e. The van der Waals surface area contributed by atoms with E-state index in [1.807, 2.05) is 47.7 Å². The van der Waals surface area contributed by atoms with Gasteiger partial charge in [-0.1, -0.05) is 81.4 Å². The van der Waals surface area contributed by atoms with E-state index < -0.39 is 5.41 Å². The summed E-state index contributed by atoms with van der Waals surface area (Å²) in [5.41, 5.74) is 6.60. The van der Waals surface area contributed by atoms with Crippen LogP contribution in [0.15, 0.2) is 48.4 Å². The minimum absolute atomic E-state index is 0. The van der Waals surface area contributed by atoms with Gasteiger partial charge in [0.1, 0.15) is 5.76 Å². The molecule has 3 nitrogen and oxygen atoms in total. The number of hydrogen-bond acceptors (Lipinski definition) is 3. The van der Waals surface area contributed by atoms with Gasteiger partial charge in [-0.05, 0) is 52.9 Å². The molecule has 0 aliphatic heterocycles. The molecule has 1 heterocycles. The Kier molecular flexibility index (Phi) is 11.5. The number of nitrogens with zero attached hydrogens (tertiary/aromatic N) is 1. The number of fused-ring (bicyclic) bond motifs is 1. The number of aromatic nitrogens is 1. The number of pyridine rings is 1. The Morgan fingerprint density at radius 2 is 1.62 bits per heavy atom. The van der Waals surface area contributed by atoms with Gasteiger partial charge in [-0.15, -0.1) is 34.9 Å². The monoisotopic (exact) mass is 679 g/mol. The molecule has 4 heteroatoms. The minimum Gasteiger partial charge on any atom is -0.512 e. The van der Waals surface area contributed by atoms with Gasteiger partial charge in [-0.25, -0.2) is 0 Å². The zero-order valence-electron chi connectivity index (χ0n) is 24.5. The molecule has 1 unspecified atom stereocenters. The van der Waals surface area contributed by atoms with E-state index in [1.54, 1.807) is 0 Å². The molecule has 0 aliphatic rings. The third kappa shape index (κ3) is 8.62. The Bertz CT molecular complexity index is 1240. The van der Waals surface area contributed by atoms with Crippen molar-refractivity contribution in [1.29, 1.82) is 0 Å². The van der Waals surface area contributed by atoms with Gasteiger partial charge >= 0.3 is 0 Å². The summed E-state index contributed by atoms with van der Waals surface area (Å²) in [5, 5.41) is 12.1. The predicted molar refractivity (Wildman–Crippen MR) is 154 cm³/mol. The van der Waals surface area contributed by atoms with Gasteiger partial charge in [-0.3, -0.25) is 4.79 Å². The summed E-state index contributed by atoms with van der Waals surface area (Å²) >= 11 is 0. The summed E-state index contributed by atoms with van der Waals surface area (Å²) in [5.74, 6) is 0.691. The molecule has 0 amide bonds. The van der Waals surface area contributed by atoms with Crippen molar-refractivity contribution in [1.82, 2.24) is 4.98 Å². The Labute approximate surface area is 238 Å². The fourth-order valence-electron chi connectivity index (χ4n) is 3.97. The normalized spacial score (nSPS) is 12.9. The molecule has 203 valence electrons. The number of rotatable bonds is 4. The second kappa shape index (κ2) is 13.0. The molecule has 1 N–H and O–H groups in total. The molecule has 1 radical (unpaired) electrons. The van der Waals surface area contributed by atoms with Gasteiger partial charge in [-0.2, -0.15) is 0 Å². The van der Waals surface area contributed by atoms with E-state index in [-0.39, 0.29) is 37.1 Å². The first-order valence-electron chi connectivity index (χ1n) is 12.9. The SMILES string of the molecule is CC(C)(C)C(=O)/C=C(\O)C(C)(C)C.CCC(C)c1ccc2c(-c3[c-]c(C)cc(C)c3)nccc2c1C.[Ir]. The zero-order chi connectivity index (χ0) is 27.4. The Morgan fingerprint density at radius 3 is 2.14 bits per heavy atom. The molecule has 0 bridgehead atoms. The Morgan fingerprint density at radius 1 is 1.00 bits per heavy atom. The van der Waals surface area contributed by atoms with Crippen LogP contribution in [0.2, 0.25) is 0 Å². The largest absolute Gasteiger partial charge is 0.512 e. The van der Waals surface area contributed by atoms with Crippen molar-refractivity contribution >= 4 is 16.6 Å². The number of aliphatic hydroxyl groups excluding tert-OH is 1. The molecular weight excluding hydrogens is 635 g/mol. The molecule has 0 saturated carbocycles. The van der Waals surface area contributed by atoms with Gasteiger partial charge in [0.25, 0.3) is 0 Å². The third-order valence-corrected chi connectivity index (χ3v) is 6.58. The summed E-state index contributed by atoms with van der Waals surface area (Å²) in [6, 6.07) is 14.4. The summed E-state index contributed by atoms with van der Waals surface area (Å²) in [6.45, 7) is 22.1. The number of carbonyl (C=O) groups excluding carboxylic acids is 1. The van der Waals surface area contributed by atoms with Crippen molar-refractivity contribution in [2.24, 2.45) is 10.8 Å². The van der Waals surface area contributed by atoms with Crippen LogP contribution >= 0.6 is 0 Å². The standard InChI is InChI=1S/C22H24N.C11H20O2.Ir/c1-6-16(4)19-7-8-21-20(17(19)5)9-10-23-22(21)18-12-14(2)11-15(3)13-18;1-10(2,3)8(12)7-9(13)11(4,5)6;/h7-12,16H,6H2,1-5H3;7,12H,1-6H3;/q-1;;/b;8-7-;. The molecule has 0 fully saturated rings. The molecule has 0 saturated heterocycles. The van der Waals surface area contributed by atoms with Gasteiger partial charge in [0, 0.05) is 43.2 Å². The van der Waals surface area contributed by atoms with Gasteiger partial charge in [0.2, 0.25) is 0 Å². The van der Waals surface area contributed by atoms with Crippen molar-refractivity contribution in [3.05, 3.63) is 76.7 Å². The smallest absolute Gasteiger partial charge is 0.164 e. The van der Waals surface area contributed by atoms with Crippen LogP contribution in [-0.4, -0.2) is 15.9 Å². The van der Waals surface area contributed by atoms with Crippen LogP contribution in [0.1, 0.15) is 90.0 Å². The van der Waals surface area contributed by atoms with Crippen molar-refractivity contribution < 1.29 is 30.0 Å². The van der Waals surface area contributed by atoms with E-state index >= 15 is 0 Å². The van der Waals surface area contributed by atoms with Crippen molar-refractivity contribution in [3.63, 3.8) is 0 Å². The summed E-state index contributed by atoms with van der Waals surface area (Å²) in [7, 11) is 0. The average Bonchev–Trinajstić information content (AvgIpc) is 2.77. The van der Waals surface area contributed by atoms with Crippen molar-refractivity contribution in [3.8, 4) is 11.3 Å². The van der Waals surface area contributed by atoms with Crippen molar-refractivity contribution in [2.75, 3.05) is 0 Å². The van der Waals surface area contributed by atoms with Crippen molar-refractivity contribution in [2.45, 2.75) is 88.5 Å². The van der Waals surface area contributed by atoms with Crippen LogP contribution in [-0.2, 0) is 24.9 Å². The number of carbonyl (C=O) groups is 1. The summed E-state index contributed by atoms with van der Waals surface area (Å²) in [4.78, 5) is 16.1. The average molecular weight is 679 g/mol. The van der Waals surface area contributed by atoms with E-state index in [0.717, 1.165) is 23.2 Å². The van der Waals surface area contributed by atoms with E-state index in [9.17, 15) is 9.90 Å².